The van der Waals surface area contributed by atoms with Gasteiger partial charge in [-0.25, -0.2) is 9.18 Å². The molecule has 5 heteroatoms. The lowest BCUT2D eigenvalue weighted by molar-refractivity contribution is 0.0697. The van der Waals surface area contributed by atoms with E-state index < -0.39 is 5.97 Å². The zero-order chi connectivity index (χ0) is 15.4. The molecule has 0 heterocycles. The Kier molecular flexibility index (Phi) is 4.42. The molecular formula is C16H17FN2O2. The van der Waals surface area contributed by atoms with E-state index in [1.54, 1.807) is 30.3 Å². The molecule has 2 aromatic rings. The average molecular weight is 288 g/mol. The molecule has 0 amide bonds. The number of carboxylic acid groups (broad SMARTS) is 1. The lowest BCUT2D eigenvalue weighted by Crippen LogP contribution is -2.23. The normalized spacial score (nSPS) is 10.4. The van der Waals surface area contributed by atoms with E-state index in [9.17, 15) is 14.3 Å². The van der Waals surface area contributed by atoms with Gasteiger partial charge >= 0.3 is 5.97 Å². The SMILES string of the molecule is CCN(Cc1cccc(N)c1C(=O)O)c1ccc(F)cc1. The summed E-state index contributed by atoms with van der Waals surface area (Å²) in [5.74, 6) is -1.34. The highest BCUT2D eigenvalue weighted by molar-refractivity contribution is 5.95. The second-order valence-electron chi connectivity index (χ2n) is 4.68. The molecule has 3 N–H and O–H groups in total. The monoisotopic (exact) mass is 288 g/mol. The van der Waals surface area contributed by atoms with Crippen molar-refractivity contribution in [2.24, 2.45) is 0 Å². The van der Waals surface area contributed by atoms with Crippen LogP contribution in [0.3, 0.4) is 0 Å². The molecule has 21 heavy (non-hydrogen) atoms. The van der Waals surface area contributed by atoms with Crippen LogP contribution in [-0.2, 0) is 6.54 Å². The van der Waals surface area contributed by atoms with Gasteiger partial charge in [0.2, 0.25) is 0 Å². The van der Waals surface area contributed by atoms with Crippen LogP contribution in [-0.4, -0.2) is 17.6 Å². The zero-order valence-electron chi connectivity index (χ0n) is 11.7. The highest BCUT2D eigenvalue weighted by Crippen LogP contribution is 2.22. The molecule has 0 unspecified atom stereocenters. The fourth-order valence-electron chi connectivity index (χ4n) is 2.26. The van der Waals surface area contributed by atoms with Crippen molar-refractivity contribution in [3.8, 4) is 0 Å². The summed E-state index contributed by atoms with van der Waals surface area (Å²) in [4.78, 5) is 13.3. The van der Waals surface area contributed by atoms with Crippen LogP contribution in [0.1, 0.15) is 22.8 Å². The van der Waals surface area contributed by atoms with Gasteiger partial charge in [-0.2, -0.15) is 0 Å². The van der Waals surface area contributed by atoms with E-state index in [0.29, 0.717) is 18.7 Å². The fraction of sp³-hybridized carbons (Fsp3) is 0.188. The van der Waals surface area contributed by atoms with Gasteiger partial charge in [-0.05, 0) is 42.8 Å². The van der Waals surface area contributed by atoms with Crippen molar-refractivity contribution in [3.05, 3.63) is 59.4 Å². The summed E-state index contributed by atoms with van der Waals surface area (Å²) in [6, 6.07) is 11.2. The highest BCUT2D eigenvalue weighted by atomic mass is 19.1. The van der Waals surface area contributed by atoms with Gasteiger partial charge in [0.15, 0.2) is 0 Å². The summed E-state index contributed by atoms with van der Waals surface area (Å²) in [5, 5.41) is 9.29. The number of benzene rings is 2. The summed E-state index contributed by atoms with van der Waals surface area (Å²) >= 11 is 0. The Morgan fingerprint density at radius 2 is 1.90 bits per heavy atom. The quantitative estimate of drug-likeness (QED) is 0.829. The molecule has 0 saturated carbocycles. The van der Waals surface area contributed by atoms with Crippen LogP contribution < -0.4 is 10.6 Å². The smallest absolute Gasteiger partial charge is 0.338 e. The van der Waals surface area contributed by atoms with Gasteiger partial charge in [-0.15, -0.1) is 0 Å². The molecule has 0 bridgehead atoms. The van der Waals surface area contributed by atoms with E-state index in [0.717, 1.165) is 5.69 Å². The number of halogens is 1. The van der Waals surface area contributed by atoms with Gasteiger partial charge in [0.25, 0.3) is 0 Å². The van der Waals surface area contributed by atoms with Gasteiger partial charge in [-0.3, -0.25) is 0 Å². The number of rotatable bonds is 5. The van der Waals surface area contributed by atoms with Crippen LogP contribution in [0.25, 0.3) is 0 Å². The molecular weight excluding hydrogens is 271 g/mol. The van der Waals surface area contributed by atoms with Crippen molar-refractivity contribution in [1.82, 2.24) is 0 Å². The first kappa shape index (κ1) is 14.8. The van der Waals surface area contributed by atoms with E-state index in [1.807, 2.05) is 11.8 Å². The van der Waals surface area contributed by atoms with Gasteiger partial charge in [0, 0.05) is 24.5 Å². The maximum absolute atomic E-state index is 13.0. The first-order valence-electron chi connectivity index (χ1n) is 6.64. The van der Waals surface area contributed by atoms with E-state index in [1.165, 1.54) is 12.1 Å². The van der Waals surface area contributed by atoms with Crippen molar-refractivity contribution in [1.29, 1.82) is 0 Å². The molecule has 4 nitrogen and oxygen atoms in total. The number of aromatic carboxylic acids is 1. The number of hydrogen-bond donors (Lipinski definition) is 2. The number of nitrogens with zero attached hydrogens (tertiary/aromatic N) is 1. The van der Waals surface area contributed by atoms with Gasteiger partial charge in [0.1, 0.15) is 5.82 Å². The van der Waals surface area contributed by atoms with Gasteiger partial charge in [0.05, 0.1) is 5.56 Å². The van der Waals surface area contributed by atoms with E-state index >= 15 is 0 Å². The number of nitrogen functional groups attached to an aromatic ring is 1. The highest BCUT2D eigenvalue weighted by Gasteiger charge is 2.16. The van der Waals surface area contributed by atoms with Crippen molar-refractivity contribution in [2.75, 3.05) is 17.2 Å². The Balaban J connectivity index is 2.33. The predicted octanol–water partition coefficient (Wildman–Crippen LogP) is 3.13. The molecule has 0 aliphatic rings. The molecule has 0 aliphatic heterocycles. The minimum atomic E-state index is -1.04. The summed E-state index contributed by atoms with van der Waals surface area (Å²) in [5.41, 5.74) is 7.58. The molecule has 2 aromatic carbocycles. The number of nitrogens with two attached hydrogens (primary N) is 1. The third-order valence-corrected chi connectivity index (χ3v) is 3.33. The standard InChI is InChI=1S/C16H17FN2O2/c1-2-19(13-8-6-12(17)7-9-13)10-11-4-3-5-14(18)15(11)16(20)21/h3-9H,2,10,18H2,1H3,(H,20,21). The number of carbonyl (C=O) groups is 1. The average Bonchev–Trinajstić information content (AvgIpc) is 2.45. The Morgan fingerprint density at radius 1 is 1.24 bits per heavy atom. The Morgan fingerprint density at radius 3 is 2.48 bits per heavy atom. The maximum Gasteiger partial charge on any atom is 0.338 e. The topological polar surface area (TPSA) is 66.6 Å². The summed E-state index contributed by atoms with van der Waals surface area (Å²) in [6.07, 6.45) is 0. The third-order valence-electron chi connectivity index (χ3n) is 3.33. The first-order chi connectivity index (χ1) is 10.0. The first-order valence-corrected chi connectivity index (χ1v) is 6.64. The summed E-state index contributed by atoms with van der Waals surface area (Å²) < 4.78 is 13.0. The Labute approximate surface area is 122 Å². The van der Waals surface area contributed by atoms with Gasteiger partial charge < -0.3 is 15.7 Å². The van der Waals surface area contributed by atoms with Crippen molar-refractivity contribution < 1.29 is 14.3 Å². The molecule has 0 atom stereocenters. The molecule has 0 spiro atoms. The van der Waals surface area contributed by atoms with Crippen molar-refractivity contribution in [3.63, 3.8) is 0 Å². The Hall–Kier alpha value is -2.56. The summed E-state index contributed by atoms with van der Waals surface area (Å²) in [7, 11) is 0. The van der Waals surface area contributed by atoms with Gasteiger partial charge in [-0.1, -0.05) is 12.1 Å². The molecule has 0 aromatic heterocycles. The molecule has 0 radical (unpaired) electrons. The van der Waals surface area contributed by atoms with Crippen LogP contribution in [0.15, 0.2) is 42.5 Å². The van der Waals surface area contributed by atoms with Crippen molar-refractivity contribution in [2.45, 2.75) is 13.5 Å². The minimum absolute atomic E-state index is 0.123. The number of carboxylic acids is 1. The van der Waals surface area contributed by atoms with Crippen LogP contribution in [0.5, 0.6) is 0 Å². The molecule has 0 fully saturated rings. The van der Waals surface area contributed by atoms with E-state index in [2.05, 4.69) is 0 Å². The lowest BCUT2D eigenvalue weighted by atomic mass is 10.0. The van der Waals surface area contributed by atoms with Crippen LogP contribution in [0.4, 0.5) is 15.8 Å². The third kappa shape index (κ3) is 3.31. The lowest BCUT2D eigenvalue weighted by Gasteiger charge is -2.24. The maximum atomic E-state index is 13.0. The molecule has 0 aliphatic carbocycles. The molecule has 2 rings (SSSR count). The van der Waals surface area contributed by atoms with E-state index in [-0.39, 0.29) is 17.1 Å². The molecule has 0 saturated heterocycles. The molecule has 110 valence electrons. The largest absolute Gasteiger partial charge is 0.478 e. The number of hydrogen-bond acceptors (Lipinski definition) is 3. The Bertz CT molecular complexity index is 641. The fourth-order valence-corrected chi connectivity index (χ4v) is 2.26. The van der Waals surface area contributed by atoms with Crippen LogP contribution in [0.2, 0.25) is 0 Å². The van der Waals surface area contributed by atoms with Crippen molar-refractivity contribution >= 4 is 17.3 Å². The van der Waals surface area contributed by atoms with Crippen LogP contribution >= 0.6 is 0 Å². The van der Waals surface area contributed by atoms with Crippen LogP contribution in [0, 0.1) is 5.82 Å². The second kappa shape index (κ2) is 6.26. The number of anilines is 2. The predicted molar refractivity (Wildman–Crippen MR) is 80.9 cm³/mol. The van der Waals surface area contributed by atoms with E-state index in [4.69, 9.17) is 5.73 Å². The summed E-state index contributed by atoms with van der Waals surface area (Å²) in [6.45, 7) is 3.02. The second-order valence-corrected chi connectivity index (χ2v) is 4.68. The zero-order valence-corrected chi connectivity index (χ0v) is 11.7. The minimum Gasteiger partial charge on any atom is -0.478 e.